The molecular weight excluding hydrogens is 450 g/mol. The maximum atomic E-state index is 11.4. The highest BCUT2D eigenvalue weighted by Gasteiger charge is 2.28. The average Bonchev–Trinajstić information content (AvgIpc) is 2.78. The molecule has 182 valence electrons. The van der Waals surface area contributed by atoms with Crippen LogP contribution in [0.1, 0.15) is 82.4 Å². The Kier molecular flexibility index (Phi) is 9.71. The van der Waals surface area contributed by atoms with Gasteiger partial charge in [-0.2, -0.15) is 8.42 Å². The molecule has 0 radical (unpaired) electrons. The molecule has 0 aromatic heterocycles. The molecule has 2 aromatic carbocycles. The van der Waals surface area contributed by atoms with Crippen molar-refractivity contribution in [1.82, 2.24) is 0 Å². The van der Waals surface area contributed by atoms with Gasteiger partial charge < -0.3 is 4.90 Å². The fourth-order valence-electron chi connectivity index (χ4n) is 4.53. The van der Waals surface area contributed by atoms with Gasteiger partial charge in [0.25, 0.3) is 10.1 Å². The Bertz CT molecular complexity index is 1030. The van der Waals surface area contributed by atoms with Gasteiger partial charge in [0.2, 0.25) is 0 Å². The standard InChI is InChI=1S/C27H39NO3S2/c1-4-7-12-21-19-23(14-9-6-3)26-25(20-21)32-27-22(13-8-5-2)15-10-16-24(27)28(26)17-11-18-33(29,30)31/h10,15-16,19-20H,4-9,11-14,17-18H2,1-3H3,(H,29,30,31). The normalized spacial score (nSPS) is 13.2. The van der Waals surface area contributed by atoms with E-state index in [4.69, 9.17) is 0 Å². The smallest absolute Gasteiger partial charge is 0.264 e. The first-order chi connectivity index (χ1) is 15.9. The van der Waals surface area contributed by atoms with Crippen LogP contribution in [-0.4, -0.2) is 25.3 Å². The number of hydrogen-bond donors (Lipinski definition) is 1. The van der Waals surface area contributed by atoms with Gasteiger partial charge in [0.15, 0.2) is 0 Å². The van der Waals surface area contributed by atoms with Crippen LogP contribution in [-0.2, 0) is 29.4 Å². The highest BCUT2D eigenvalue weighted by molar-refractivity contribution is 7.99. The highest BCUT2D eigenvalue weighted by atomic mass is 32.2. The first-order valence-electron chi connectivity index (χ1n) is 12.6. The Morgan fingerprint density at radius 3 is 2.21 bits per heavy atom. The van der Waals surface area contributed by atoms with Crippen molar-refractivity contribution in [3.63, 3.8) is 0 Å². The molecule has 0 aliphatic carbocycles. The van der Waals surface area contributed by atoms with Gasteiger partial charge in [0, 0.05) is 16.3 Å². The molecule has 4 nitrogen and oxygen atoms in total. The molecule has 1 heterocycles. The lowest BCUT2D eigenvalue weighted by atomic mass is 9.98. The predicted molar refractivity (Wildman–Crippen MR) is 141 cm³/mol. The Labute approximate surface area is 204 Å². The monoisotopic (exact) mass is 489 g/mol. The number of nitrogens with zero attached hydrogens (tertiary/aromatic N) is 1. The summed E-state index contributed by atoms with van der Waals surface area (Å²) in [5.74, 6) is -0.213. The molecule has 1 aliphatic heterocycles. The van der Waals surface area contributed by atoms with Gasteiger partial charge >= 0.3 is 0 Å². The van der Waals surface area contributed by atoms with Crippen LogP contribution in [0.4, 0.5) is 11.4 Å². The van der Waals surface area contributed by atoms with Crippen LogP contribution in [0.3, 0.4) is 0 Å². The Hall–Kier alpha value is -1.50. The summed E-state index contributed by atoms with van der Waals surface area (Å²) in [5, 5.41) is 0. The summed E-state index contributed by atoms with van der Waals surface area (Å²) in [7, 11) is -3.97. The van der Waals surface area contributed by atoms with Gasteiger partial charge in [-0.05, 0) is 73.8 Å². The Morgan fingerprint density at radius 1 is 0.879 bits per heavy atom. The van der Waals surface area contributed by atoms with Gasteiger partial charge in [0.1, 0.15) is 0 Å². The average molecular weight is 490 g/mol. The number of aryl methyl sites for hydroxylation is 3. The molecule has 0 bridgehead atoms. The zero-order valence-corrected chi connectivity index (χ0v) is 22.0. The maximum Gasteiger partial charge on any atom is 0.264 e. The van der Waals surface area contributed by atoms with E-state index in [2.05, 4.69) is 56.0 Å². The molecule has 33 heavy (non-hydrogen) atoms. The summed E-state index contributed by atoms with van der Waals surface area (Å²) in [5.41, 5.74) is 6.56. The van der Waals surface area contributed by atoms with Crippen LogP contribution >= 0.6 is 11.8 Å². The largest absolute Gasteiger partial charge is 0.339 e. The minimum Gasteiger partial charge on any atom is -0.339 e. The van der Waals surface area contributed by atoms with Gasteiger partial charge in [-0.1, -0.05) is 70.0 Å². The number of unbranched alkanes of at least 4 members (excludes halogenated alkanes) is 3. The molecule has 0 amide bonds. The van der Waals surface area contributed by atoms with Crippen LogP contribution in [0.15, 0.2) is 40.1 Å². The minimum atomic E-state index is -3.97. The zero-order valence-electron chi connectivity index (χ0n) is 20.4. The lowest BCUT2D eigenvalue weighted by Crippen LogP contribution is -2.25. The minimum absolute atomic E-state index is 0.213. The first-order valence-corrected chi connectivity index (χ1v) is 15.0. The van der Waals surface area contributed by atoms with Crippen LogP contribution < -0.4 is 4.90 Å². The summed E-state index contributed by atoms with van der Waals surface area (Å²) in [6.45, 7) is 7.25. The summed E-state index contributed by atoms with van der Waals surface area (Å²) < 4.78 is 32.2. The molecule has 6 heteroatoms. The lowest BCUT2D eigenvalue weighted by Gasteiger charge is -2.36. The molecule has 2 aromatic rings. The number of rotatable bonds is 13. The van der Waals surface area contributed by atoms with Gasteiger partial charge in [-0.15, -0.1) is 0 Å². The lowest BCUT2D eigenvalue weighted by molar-refractivity contribution is 0.481. The second kappa shape index (κ2) is 12.3. The third kappa shape index (κ3) is 7.00. The second-order valence-corrected chi connectivity index (χ2v) is 11.7. The number of anilines is 2. The number of benzene rings is 2. The van der Waals surface area contributed by atoms with E-state index in [-0.39, 0.29) is 5.75 Å². The van der Waals surface area contributed by atoms with Crippen molar-refractivity contribution in [2.75, 3.05) is 17.2 Å². The molecule has 0 saturated carbocycles. The van der Waals surface area contributed by atoms with E-state index >= 15 is 0 Å². The van der Waals surface area contributed by atoms with E-state index in [1.807, 2.05) is 11.8 Å². The van der Waals surface area contributed by atoms with E-state index in [9.17, 15) is 13.0 Å². The number of hydrogen-bond acceptors (Lipinski definition) is 4. The molecule has 0 atom stereocenters. The van der Waals surface area contributed by atoms with Crippen LogP contribution in [0.2, 0.25) is 0 Å². The van der Waals surface area contributed by atoms with Crippen molar-refractivity contribution in [3.05, 3.63) is 47.0 Å². The van der Waals surface area contributed by atoms with Crippen molar-refractivity contribution in [2.24, 2.45) is 0 Å². The third-order valence-electron chi connectivity index (χ3n) is 6.26. The predicted octanol–water partition coefficient (Wildman–Crippen LogP) is 7.60. The number of fused-ring (bicyclic) bond motifs is 2. The third-order valence-corrected chi connectivity index (χ3v) is 8.28. The fraction of sp³-hybridized carbons (Fsp3) is 0.556. The molecule has 1 aliphatic rings. The highest BCUT2D eigenvalue weighted by Crippen LogP contribution is 2.52. The topological polar surface area (TPSA) is 57.6 Å². The van der Waals surface area contributed by atoms with E-state index in [1.165, 1.54) is 50.7 Å². The van der Waals surface area contributed by atoms with E-state index in [0.717, 1.165) is 44.9 Å². The molecule has 0 fully saturated rings. The SMILES string of the molecule is CCCCc1cc(CCCC)c2c(c1)Sc1c(CCCC)cccc1N2CCCS(=O)(=O)O. The van der Waals surface area contributed by atoms with Crippen molar-refractivity contribution in [1.29, 1.82) is 0 Å². The van der Waals surface area contributed by atoms with Crippen molar-refractivity contribution in [3.8, 4) is 0 Å². The Balaban J connectivity index is 2.08. The van der Waals surface area contributed by atoms with E-state index < -0.39 is 10.1 Å². The summed E-state index contributed by atoms with van der Waals surface area (Å²) in [6, 6.07) is 11.3. The summed E-state index contributed by atoms with van der Waals surface area (Å²) in [6.07, 6.45) is 10.5. The first kappa shape index (κ1) is 26.1. The Morgan fingerprint density at radius 2 is 1.55 bits per heavy atom. The molecular formula is C27H39NO3S2. The van der Waals surface area contributed by atoms with Gasteiger partial charge in [-0.3, -0.25) is 4.55 Å². The van der Waals surface area contributed by atoms with Gasteiger partial charge in [-0.25, -0.2) is 0 Å². The molecule has 1 N–H and O–H groups in total. The maximum absolute atomic E-state index is 11.4. The fourth-order valence-corrected chi connectivity index (χ4v) is 6.38. The second-order valence-electron chi connectivity index (χ2n) is 9.07. The molecule has 0 spiro atoms. The van der Waals surface area contributed by atoms with E-state index in [0.29, 0.717) is 13.0 Å². The van der Waals surface area contributed by atoms with E-state index in [1.54, 1.807) is 0 Å². The zero-order chi connectivity index (χ0) is 23.8. The quantitative estimate of drug-likeness (QED) is 0.294. The van der Waals surface area contributed by atoms with Crippen LogP contribution in [0, 0.1) is 0 Å². The van der Waals surface area contributed by atoms with Crippen molar-refractivity contribution >= 4 is 33.3 Å². The van der Waals surface area contributed by atoms with Crippen LogP contribution in [0.5, 0.6) is 0 Å². The van der Waals surface area contributed by atoms with Gasteiger partial charge in [0.05, 0.1) is 17.1 Å². The van der Waals surface area contributed by atoms with Crippen molar-refractivity contribution < 1.29 is 13.0 Å². The molecule has 0 saturated heterocycles. The summed E-state index contributed by atoms with van der Waals surface area (Å²) in [4.78, 5) is 4.92. The summed E-state index contributed by atoms with van der Waals surface area (Å²) >= 11 is 1.89. The van der Waals surface area contributed by atoms with Crippen molar-refractivity contribution in [2.45, 2.75) is 94.8 Å². The molecule has 3 rings (SSSR count). The van der Waals surface area contributed by atoms with Crippen LogP contribution in [0.25, 0.3) is 0 Å². The molecule has 0 unspecified atom stereocenters.